The summed E-state index contributed by atoms with van der Waals surface area (Å²) in [6, 6.07) is 10.7. The molecular weight excluding hydrogens is 534 g/mol. The maximum atomic E-state index is 6.63. The highest BCUT2D eigenvalue weighted by molar-refractivity contribution is 6.20. The van der Waals surface area contributed by atoms with Crippen molar-refractivity contribution in [1.29, 1.82) is 0 Å². The van der Waals surface area contributed by atoms with Crippen LogP contribution in [-0.2, 0) is 0 Å². The van der Waals surface area contributed by atoms with Crippen molar-refractivity contribution < 1.29 is 28.4 Å². The van der Waals surface area contributed by atoms with Crippen LogP contribution in [0.1, 0.15) is 32.1 Å². The monoisotopic (exact) mass is 573 g/mol. The van der Waals surface area contributed by atoms with E-state index in [1.54, 1.807) is 21.3 Å². The van der Waals surface area contributed by atoms with Gasteiger partial charge in [0.05, 0.1) is 32.2 Å². The number of pyridine rings is 1. The third kappa shape index (κ3) is 4.88. The normalized spacial score (nSPS) is 18.2. The highest BCUT2D eigenvalue weighted by Crippen LogP contribution is 2.46. The van der Waals surface area contributed by atoms with E-state index in [4.69, 9.17) is 33.4 Å². The highest BCUT2D eigenvalue weighted by Gasteiger charge is 2.26. The molecule has 3 aliphatic heterocycles. The van der Waals surface area contributed by atoms with Gasteiger partial charge in [0, 0.05) is 28.7 Å². The average molecular weight is 574 g/mol. The molecule has 0 N–H and O–H groups in total. The first-order valence-electron chi connectivity index (χ1n) is 15.1. The van der Waals surface area contributed by atoms with Crippen LogP contribution in [-0.4, -0.2) is 88.3 Å². The lowest BCUT2D eigenvalue weighted by molar-refractivity contribution is 0.0859. The number of hydrogen-bond acceptors (Lipinski definition) is 9. The van der Waals surface area contributed by atoms with Gasteiger partial charge >= 0.3 is 0 Å². The number of fused-ring (bicyclic) bond motifs is 6. The van der Waals surface area contributed by atoms with Crippen LogP contribution in [0.5, 0.6) is 34.6 Å². The Hall–Kier alpha value is -3.69. The van der Waals surface area contributed by atoms with Crippen LogP contribution in [0, 0.1) is 0 Å². The summed E-state index contributed by atoms with van der Waals surface area (Å²) >= 11 is 0. The Kier molecular flexibility index (Phi) is 7.46. The molecular formula is C33H39N3O6. The van der Waals surface area contributed by atoms with E-state index in [-0.39, 0.29) is 6.79 Å². The maximum absolute atomic E-state index is 6.63. The summed E-state index contributed by atoms with van der Waals surface area (Å²) in [5.41, 5.74) is 0.778. The Morgan fingerprint density at radius 3 is 2.19 bits per heavy atom. The Labute approximate surface area is 246 Å². The van der Waals surface area contributed by atoms with Gasteiger partial charge in [-0.1, -0.05) is 6.42 Å². The minimum Gasteiger partial charge on any atom is -0.493 e. The van der Waals surface area contributed by atoms with Gasteiger partial charge in [0.15, 0.2) is 23.0 Å². The van der Waals surface area contributed by atoms with Gasteiger partial charge < -0.3 is 33.3 Å². The topological polar surface area (TPSA) is 74.8 Å². The lowest BCUT2D eigenvalue weighted by Crippen LogP contribution is -2.47. The van der Waals surface area contributed by atoms with E-state index in [0.29, 0.717) is 29.7 Å². The van der Waals surface area contributed by atoms with Crippen molar-refractivity contribution in [2.45, 2.75) is 38.1 Å². The molecule has 9 heteroatoms. The molecule has 9 nitrogen and oxygen atoms in total. The van der Waals surface area contributed by atoms with Gasteiger partial charge in [-0.3, -0.25) is 4.90 Å². The van der Waals surface area contributed by atoms with E-state index in [2.05, 4.69) is 15.9 Å². The number of likely N-dealkylation sites (tertiary alicyclic amines) is 2. The lowest BCUT2D eigenvalue weighted by Gasteiger charge is -2.40. The first-order chi connectivity index (χ1) is 20.7. The van der Waals surface area contributed by atoms with Gasteiger partial charge in [0.2, 0.25) is 12.7 Å². The van der Waals surface area contributed by atoms with Crippen molar-refractivity contribution in [2.75, 3.05) is 67.5 Å². The van der Waals surface area contributed by atoms with Crippen LogP contribution in [0.3, 0.4) is 0 Å². The average Bonchev–Trinajstić information content (AvgIpc) is 3.50. The fraction of sp³-hybridized carbons (Fsp3) is 0.485. The Balaban J connectivity index is 1.24. The van der Waals surface area contributed by atoms with Gasteiger partial charge in [0.25, 0.3) is 0 Å². The summed E-state index contributed by atoms with van der Waals surface area (Å²) < 4.78 is 35.1. The number of rotatable bonds is 8. The minimum absolute atomic E-state index is 0.206. The molecule has 3 aromatic carbocycles. The van der Waals surface area contributed by atoms with Crippen molar-refractivity contribution in [3.8, 4) is 34.6 Å². The van der Waals surface area contributed by atoms with E-state index >= 15 is 0 Å². The minimum atomic E-state index is 0.206. The predicted octanol–water partition coefficient (Wildman–Crippen LogP) is 5.62. The standard InChI is InChI=1S/C33H39N3O6/c1-37-26-18-24-25(19-27(26)38-2)33(39-3)34-32-23-17-29-28(41-20-42-29)15-21(23)16-30(31(24)32)40-14-13-35-11-7-22(8-12-35)36-9-5-4-6-10-36/h15-19,22H,4-14,20H2,1-3H3. The van der Waals surface area contributed by atoms with Crippen LogP contribution in [0.15, 0.2) is 30.3 Å². The first-order valence-corrected chi connectivity index (χ1v) is 15.1. The van der Waals surface area contributed by atoms with Crippen molar-refractivity contribution in [1.82, 2.24) is 14.8 Å². The molecule has 7 rings (SSSR count). The van der Waals surface area contributed by atoms with Gasteiger partial charge in [-0.15, -0.1) is 0 Å². The Bertz CT molecular complexity index is 1610. The zero-order valence-electron chi connectivity index (χ0n) is 24.7. The number of aromatic nitrogens is 1. The lowest BCUT2D eigenvalue weighted by atomic mass is 9.99. The molecule has 0 spiro atoms. The fourth-order valence-electron chi connectivity index (χ4n) is 6.89. The number of ether oxygens (including phenoxy) is 6. The summed E-state index contributed by atoms with van der Waals surface area (Å²) in [5, 5.41) is 4.57. The summed E-state index contributed by atoms with van der Waals surface area (Å²) in [5.74, 6) is 3.96. The molecule has 0 amide bonds. The second-order valence-corrected chi connectivity index (χ2v) is 11.4. The van der Waals surface area contributed by atoms with E-state index in [0.717, 1.165) is 69.6 Å². The first kappa shape index (κ1) is 27.2. The van der Waals surface area contributed by atoms with Crippen molar-refractivity contribution in [3.05, 3.63) is 30.3 Å². The molecule has 0 unspecified atom stereocenters. The summed E-state index contributed by atoms with van der Waals surface area (Å²) in [6.07, 6.45) is 6.56. The molecule has 4 aromatic rings. The summed E-state index contributed by atoms with van der Waals surface area (Å²) in [6.45, 7) is 6.44. The Morgan fingerprint density at radius 1 is 0.762 bits per heavy atom. The molecule has 222 valence electrons. The van der Waals surface area contributed by atoms with Gasteiger partial charge in [-0.05, 0) is 87.6 Å². The van der Waals surface area contributed by atoms with Gasteiger partial charge in [0.1, 0.15) is 12.4 Å². The second kappa shape index (κ2) is 11.5. The molecule has 0 atom stereocenters. The van der Waals surface area contributed by atoms with Crippen molar-refractivity contribution in [3.63, 3.8) is 0 Å². The number of methoxy groups -OCH3 is 3. The fourth-order valence-corrected chi connectivity index (χ4v) is 6.89. The maximum Gasteiger partial charge on any atom is 0.231 e. The second-order valence-electron chi connectivity index (χ2n) is 11.4. The quantitative estimate of drug-likeness (QED) is 0.250. The summed E-state index contributed by atoms with van der Waals surface area (Å²) in [4.78, 5) is 10.3. The van der Waals surface area contributed by atoms with Crippen molar-refractivity contribution >= 4 is 32.4 Å². The van der Waals surface area contributed by atoms with Crippen LogP contribution in [0.4, 0.5) is 0 Å². The van der Waals surface area contributed by atoms with Crippen LogP contribution >= 0.6 is 0 Å². The van der Waals surface area contributed by atoms with E-state index < -0.39 is 0 Å². The van der Waals surface area contributed by atoms with Gasteiger partial charge in [-0.25, -0.2) is 4.98 Å². The molecule has 3 aliphatic rings. The number of nitrogens with zero attached hydrogens (tertiary/aromatic N) is 3. The molecule has 4 heterocycles. The van der Waals surface area contributed by atoms with Crippen LogP contribution < -0.4 is 28.4 Å². The molecule has 2 fully saturated rings. The third-order valence-corrected chi connectivity index (χ3v) is 9.13. The van der Waals surface area contributed by atoms with E-state index in [1.807, 2.05) is 24.3 Å². The summed E-state index contributed by atoms with van der Waals surface area (Å²) in [7, 11) is 4.91. The molecule has 0 aliphatic carbocycles. The third-order valence-electron chi connectivity index (χ3n) is 9.13. The molecule has 1 aromatic heterocycles. The zero-order chi connectivity index (χ0) is 28.6. The van der Waals surface area contributed by atoms with Crippen molar-refractivity contribution in [2.24, 2.45) is 0 Å². The van der Waals surface area contributed by atoms with Gasteiger partial charge in [-0.2, -0.15) is 0 Å². The smallest absolute Gasteiger partial charge is 0.231 e. The largest absolute Gasteiger partial charge is 0.493 e. The number of piperidine rings is 2. The van der Waals surface area contributed by atoms with Crippen LogP contribution in [0.2, 0.25) is 0 Å². The number of hydrogen-bond donors (Lipinski definition) is 0. The van der Waals surface area contributed by atoms with Crippen LogP contribution in [0.25, 0.3) is 32.4 Å². The number of benzene rings is 3. The molecule has 0 saturated carbocycles. The Morgan fingerprint density at radius 2 is 1.48 bits per heavy atom. The predicted molar refractivity (Wildman–Crippen MR) is 163 cm³/mol. The SMILES string of the molecule is COc1cc2c(OC)nc3c4cc5c(cc4cc(OCCN4CCC(N6CCCCC6)CC4)c3c2cc1OC)OCO5. The van der Waals surface area contributed by atoms with E-state index in [9.17, 15) is 0 Å². The van der Waals surface area contributed by atoms with E-state index in [1.165, 1.54) is 45.2 Å². The zero-order valence-corrected chi connectivity index (χ0v) is 24.7. The highest BCUT2D eigenvalue weighted by atomic mass is 16.7. The molecule has 0 radical (unpaired) electrons. The molecule has 0 bridgehead atoms. The molecule has 2 saturated heterocycles. The molecule has 42 heavy (non-hydrogen) atoms.